The molecule has 0 unspecified atom stereocenters. The highest BCUT2D eigenvalue weighted by atomic mass is 32.1. The number of phenolic OH excluding ortho intramolecular Hbond substituents is 1. The number of aromatic nitrogens is 1. The van der Waals surface area contributed by atoms with Crippen LogP contribution in [0.4, 0.5) is 15.6 Å². The first-order valence-electron chi connectivity index (χ1n) is 11.2. The van der Waals surface area contributed by atoms with Crippen LogP contribution in [0.25, 0.3) is 0 Å². The van der Waals surface area contributed by atoms with Crippen LogP contribution in [0.5, 0.6) is 5.75 Å². The third-order valence-electron chi connectivity index (χ3n) is 5.25. The zero-order valence-corrected chi connectivity index (χ0v) is 21.4. The van der Waals surface area contributed by atoms with E-state index in [1.165, 1.54) is 6.20 Å². The maximum absolute atomic E-state index is 12.6. The van der Waals surface area contributed by atoms with Crippen LogP contribution in [-0.2, 0) is 4.74 Å². The fourth-order valence-electron chi connectivity index (χ4n) is 3.43. The number of aliphatic imine (C=N–C) groups is 1. The maximum Gasteiger partial charge on any atom is 0.410 e. The van der Waals surface area contributed by atoms with E-state index in [4.69, 9.17) is 10.5 Å². The Kier molecular flexibility index (Phi) is 8.00. The van der Waals surface area contributed by atoms with Gasteiger partial charge in [-0.3, -0.25) is 4.79 Å². The van der Waals surface area contributed by atoms with Gasteiger partial charge >= 0.3 is 6.09 Å². The highest BCUT2D eigenvalue weighted by Crippen LogP contribution is 2.29. The Morgan fingerprint density at radius 2 is 2.09 bits per heavy atom. The molecule has 1 aromatic heterocycles. The smallest absolute Gasteiger partial charge is 0.410 e. The van der Waals surface area contributed by atoms with E-state index in [1.54, 1.807) is 36.2 Å². The molecule has 2 aromatic rings. The molecule has 2 heterocycles. The van der Waals surface area contributed by atoms with Gasteiger partial charge in [0.1, 0.15) is 22.1 Å². The van der Waals surface area contributed by atoms with Gasteiger partial charge in [-0.15, -0.1) is 0 Å². The van der Waals surface area contributed by atoms with Crippen molar-refractivity contribution in [2.45, 2.75) is 52.7 Å². The lowest BCUT2D eigenvalue weighted by molar-refractivity contribution is 0.0291. The number of nitrogens with zero attached hydrogens (tertiary/aromatic N) is 3. The lowest BCUT2D eigenvalue weighted by Gasteiger charge is -2.24. The highest BCUT2D eigenvalue weighted by molar-refractivity contribution is 7.17. The molecule has 1 aliphatic heterocycles. The Labute approximate surface area is 208 Å². The number of benzene rings is 1. The third-order valence-corrected chi connectivity index (χ3v) is 6.14. The van der Waals surface area contributed by atoms with E-state index in [2.05, 4.69) is 20.6 Å². The van der Waals surface area contributed by atoms with Crippen molar-refractivity contribution in [3.8, 4) is 5.75 Å². The molecule has 35 heavy (non-hydrogen) atoms. The second kappa shape index (κ2) is 10.8. The molecule has 2 amide bonds. The second-order valence-corrected chi connectivity index (χ2v) is 10.3. The number of rotatable bonds is 6. The standard InChI is InChI=1S/C24H32N6O4S/c1-14-6-7-17(31)15(2)20(14)29-21(32)18-12-27-22(35-18)28-19(25)8-10-26-16-9-11-30(13-16)23(33)34-24(3,4)5/h6-8,10,12,16,26,31H,9,11,13H2,1-5H3,(H,29,32)(H2,25,27,28)/b10-8-/t16-/m0/s1. The largest absolute Gasteiger partial charge is 0.508 e. The number of amidine groups is 1. The van der Waals surface area contributed by atoms with Crippen LogP contribution in [0.3, 0.4) is 0 Å². The normalized spacial score (nSPS) is 16.5. The summed E-state index contributed by atoms with van der Waals surface area (Å²) in [7, 11) is 0. The maximum atomic E-state index is 12.6. The lowest BCUT2D eigenvalue weighted by atomic mass is 10.1. The van der Waals surface area contributed by atoms with E-state index in [-0.39, 0.29) is 29.6 Å². The van der Waals surface area contributed by atoms with E-state index in [1.807, 2.05) is 27.7 Å². The number of amides is 2. The van der Waals surface area contributed by atoms with Crippen LogP contribution in [0, 0.1) is 13.8 Å². The summed E-state index contributed by atoms with van der Waals surface area (Å²) in [4.78, 5) is 35.2. The van der Waals surface area contributed by atoms with Gasteiger partial charge < -0.3 is 31.1 Å². The predicted octanol–water partition coefficient (Wildman–Crippen LogP) is 3.82. The Bertz CT molecular complexity index is 1150. The van der Waals surface area contributed by atoms with Crippen molar-refractivity contribution >= 4 is 40.0 Å². The number of hydrogen-bond acceptors (Lipinski definition) is 8. The molecule has 1 fully saturated rings. The number of aromatic hydroxyl groups is 1. The zero-order chi connectivity index (χ0) is 25.8. The molecule has 1 aliphatic rings. The molecule has 0 aliphatic carbocycles. The molecule has 5 N–H and O–H groups in total. The molecule has 10 nitrogen and oxygen atoms in total. The van der Waals surface area contributed by atoms with Crippen LogP contribution in [-0.4, -0.2) is 57.6 Å². The number of carbonyl (C=O) groups excluding carboxylic acids is 2. The summed E-state index contributed by atoms with van der Waals surface area (Å²) in [5.74, 6) is -0.00315. The molecule has 1 saturated heterocycles. The number of anilines is 1. The first-order chi connectivity index (χ1) is 16.4. The molecule has 11 heteroatoms. The fourth-order valence-corrected chi connectivity index (χ4v) is 4.13. The number of hydrogen-bond donors (Lipinski definition) is 4. The Balaban J connectivity index is 1.53. The number of ether oxygens (including phenoxy) is 1. The van der Waals surface area contributed by atoms with Crippen molar-refractivity contribution in [2.75, 3.05) is 18.4 Å². The molecule has 0 bridgehead atoms. The van der Waals surface area contributed by atoms with Gasteiger partial charge in [0.25, 0.3) is 5.91 Å². The number of likely N-dealkylation sites (tertiary alicyclic amines) is 1. The fraction of sp³-hybridized carbons (Fsp3) is 0.417. The number of phenols is 1. The highest BCUT2D eigenvalue weighted by Gasteiger charge is 2.29. The Morgan fingerprint density at radius 1 is 1.34 bits per heavy atom. The molecule has 3 rings (SSSR count). The van der Waals surface area contributed by atoms with Crippen molar-refractivity contribution in [3.05, 3.63) is 46.6 Å². The minimum Gasteiger partial charge on any atom is -0.508 e. The van der Waals surface area contributed by atoms with E-state index in [9.17, 15) is 14.7 Å². The average Bonchev–Trinajstić information content (AvgIpc) is 3.43. The van der Waals surface area contributed by atoms with E-state index in [0.717, 1.165) is 23.3 Å². The topological polar surface area (TPSA) is 142 Å². The summed E-state index contributed by atoms with van der Waals surface area (Å²) in [6.07, 6.45) is 5.22. The second-order valence-electron chi connectivity index (χ2n) is 9.31. The first kappa shape index (κ1) is 26.0. The van der Waals surface area contributed by atoms with Crippen LogP contribution in [0.2, 0.25) is 0 Å². The van der Waals surface area contributed by atoms with Crippen LogP contribution in [0.15, 0.2) is 35.6 Å². The number of aryl methyl sites for hydroxylation is 1. The van der Waals surface area contributed by atoms with Crippen LogP contribution < -0.4 is 16.4 Å². The van der Waals surface area contributed by atoms with Crippen LogP contribution in [0.1, 0.15) is 48.0 Å². The number of thiazole rings is 1. The van der Waals surface area contributed by atoms with E-state index >= 15 is 0 Å². The van der Waals surface area contributed by atoms with Gasteiger partial charge in [-0.2, -0.15) is 0 Å². The van der Waals surface area contributed by atoms with E-state index < -0.39 is 5.60 Å². The number of carbonyl (C=O) groups is 2. The minimum atomic E-state index is -0.522. The summed E-state index contributed by atoms with van der Waals surface area (Å²) >= 11 is 1.11. The van der Waals surface area contributed by atoms with Crippen molar-refractivity contribution in [1.82, 2.24) is 15.2 Å². The average molecular weight is 501 g/mol. The molecule has 1 atom stereocenters. The van der Waals surface area contributed by atoms with Gasteiger partial charge in [0, 0.05) is 30.9 Å². The molecule has 0 saturated carbocycles. The van der Waals surface area contributed by atoms with Gasteiger partial charge in [-0.1, -0.05) is 17.4 Å². The SMILES string of the molecule is Cc1ccc(O)c(C)c1NC(=O)c1cnc(/N=C(N)\C=C/N[C@H]2CCN(C(=O)OC(C)(C)C)C2)s1. The minimum absolute atomic E-state index is 0.0890. The number of nitrogens with two attached hydrogens (primary N) is 1. The molecular formula is C24H32N6O4S. The van der Waals surface area contributed by atoms with Crippen molar-refractivity contribution in [2.24, 2.45) is 10.7 Å². The predicted molar refractivity (Wildman–Crippen MR) is 137 cm³/mol. The first-order valence-corrected chi connectivity index (χ1v) is 12.1. The van der Waals surface area contributed by atoms with Gasteiger partial charge in [0.05, 0.1) is 11.9 Å². The third kappa shape index (κ3) is 7.19. The van der Waals surface area contributed by atoms with Gasteiger partial charge in [-0.25, -0.2) is 14.8 Å². The van der Waals surface area contributed by atoms with Crippen molar-refractivity contribution in [3.63, 3.8) is 0 Å². The summed E-state index contributed by atoms with van der Waals surface area (Å²) in [5, 5.41) is 16.3. The molecular weight excluding hydrogens is 468 g/mol. The van der Waals surface area contributed by atoms with Crippen LogP contribution >= 0.6 is 11.3 Å². The van der Waals surface area contributed by atoms with Crippen molar-refractivity contribution in [1.29, 1.82) is 0 Å². The van der Waals surface area contributed by atoms with Gasteiger partial charge in [0.2, 0.25) is 5.13 Å². The summed E-state index contributed by atoms with van der Waals surface area (Å²) in [5.41, 5.74) is 7.46. The monoisotopic (exact) mass is 500 g/mol. The quantitative estimate of drug-likeness (QED) is 0.349. The lowest BCUT2D eigenvalue weighted by Crippen LogP contribution is -2.37. The summed E-state index contributed by atoms with van der Waals surface area (Å²) in [6, 6.07) is 3.42. The molecule has 0 radical (unpaired) electrons. The van der Waals surface area contributed by atoms with Gasteiger partial charge in [-0.05, 0) is 58.7 Å². The van der Waals surface area contributed by atoms with Crippen molar-refractivity contribution < 1.29 is 19.4 Å². The zero-order valence-electron chi connectivity index (χ0n) is 20.6. The number of nitrogens with one attached hydrogen (secondary N) is 2. The summed E-state index contributed by atoms with van der Waals surface area (Å²) < 4.78 is 5.40. The van der Waals surface area contributed by atoms with Gasteiger partial charge in [0.15, 0.2) is 0 Å². The Hall–Kier alpha value is -3.60. The molecule has 188 valence electrons. The van der Waals surface area contributed by atoms with E-state index in [0.29, 0.717) is 34.3 Å². The molecule has 0 spiro atoms. The summed E-state index contributed by atoms with van der Waals surface area (Å²) in [6.45, 7) is 10.3. The molecule has 1 aromatic carbocycles. The Morgan fingerprint density at radius 3 is 2.80 bits per heavy atom.